The van der Waals surface area contributed by atoms with E-state index in [0.717, 1.165) is 38.5 Å². The first-order valence-corrected chi connectivity index (χ1v) is 8.81. The largest absolute Gasteiger partial charge is 0.406 e. The van der Waals surface area contributed by atoms with Crippen molar-refractivity contribution in [2.75, 3.05) is 0 Å². The fraction of sp³-hybridized carbons (Fsp3) is 1.00. The van der Waals surface area contributed by atoms with Gasteiger partial charge in [-0.1, -0.05) is 52.4 Å². The minimum absolute atomic E-state index is 0.284. The van der Waals surface area contributed by atoms with Gasteiger partial charge in [0.1, 0.15) is 0 Å². The lowest BCUT2D eigenvalue weighted by atomic mass is 10.1. The number of hydrogen-bond donors (Lipinski definition) is 3. The molecule has 0 bridgehead atoms. The molecule has 0 fully saturated rings. The van der Waals surface area contributed by atoms with Crippen LogP contribution in [-0.4, -0.2) is 20.3 Å². The van der Waals surface area contributed by atoms with Crippen molar-refractivity contribution in [3.63, 3.8) is 0 Å². The van der Waals surface area contributed by atoms with E-state index < -0.39 is 7.94 Å². The summed E-state index contributed by atoms with van der Waals surface area (Å²) in [4.78, 5) is 28.1. The van der Waals surface area contributed by atoms with Gasteiger partial charge in [0.15, 0.2) is 5.66 Å². The second kappa shape index (κ2) is 10.3. The van der Waals surface area contributed by atoms with Gasteiger partial charge < -0.3 is 0 Å². The fourth-order valence-corrected chi connectivity index (χ4v) is 3.15. The fourth-order valence-electron chi connectivity index (χ4n) is 2.09. The predicted octanol–water partition coefficient (Wildman–Crippen LogP) is 4.04. The predicted molar refractivity (Wildman–Crippen MR) is 74.9 cm³/mol. The first-order valence-electron chi connectivity index (χ1n) is 7.09. The maximum absolute atomic E-state index is 9.37. The molecule has 17 heavy (non-hydrogen) atoms. The first kappa shape index (κ1) is 17.3. The summed E-state index contributed by atoms with van der Waals surface area (Å²) < 4.78 is 0. The van der Waals surface area contributed by atoms with E-state index in [1.807, 2.05) is 0 Å². The Bertz CT molecular complexity index is 169. The van der Waals surface area contributed by atoms with E-state index in [-0.39, 0.29) is 5.66 Å². The van der Waals surface area contributed by atoms with E-state index >= 15 is 0 Å². The van der Waals surface area contributed by atoms with Crippen molar-refractivity contribution >= 4 is 7.94 Å². The standard InChI is InChI=1S/C13H30O3P/c1-3-5-7-8-9-10-12-13(11-6-4-2)17(14,15)16/h13-16H,3-12H2,1-2H3/q+1. The van der Waals surface area contributed by atoms with Crippen molar-refractivity contribution in [1.29, 1.82) is 0 Å². The van der Waals surface area contributed by atoms with Crippen LogP contribution in [-0.2, 0) is 0 Å². The van der Waals surface area contributed by atoms with E-state index in [1.165, 1.54) is 25.7 Å². The number of hydrogen-bond acceptors (Lipinski definition) is 3. The maximum Gasteiger partial charge on any atom is 0.406 e. The molecule has 0 aliphatic carbocycles. The van der Waals surface area contributed by atoms with Crippen molar-refractivity contribution in [2.24, 2.45) is 0 Å². The van der Waals surface area contributed by atoms with E-state index in [4.69, 9.17) is 0 Å². The van der Waals surface area contributed by atoms with Crippen LogP contribution in [0.3, 0.4) is 0 Å². The number of rotatable bonds is 11. The lowest BCUT2D eigenvalue weighted by Gasteiger charge is -2.16. The van der Waals surface area contributed by atoms with Crippen LogP contribution in [0.2, 0.25) is 0 Å². The highest BCUT2D eigenvalue weighted by molar-refractivity contribution is 7.59. The van der Waals surface area contributed by atoms with Crippen LogP contribution in [0.25, 0.3) is 0 Å². The lowest BCUT2D eigenvalue weighted by molar-refractivity contribution is 0.304. The van der Waals surface area contributed by atoms with Crippen LogP contribution in [0, 0.1) is 0 Å². The smallest absolute Gasteiger partial charge is 0.193 e. The molecular formula is C13H30O3P+. The molecule has 0 aromatic heterocycles. The number of unbranched alkanes of at least 4 members (excludes halogenated alkanes) is 6. The molecule has 0 radical (unpaired) electrons. The van der Waals surface area contributed by atoms with Gasteiger partial charge in [-0.05, 0) is 25.7 Å². The van der Waals surface area contributed by atoms with Gasteiger partial charge in [-0.2, -0.15) is 14.7 Å². The average molecular weight is 265 g/mol. The molecule has 0 amide bonds. The Morgan fingerprint density at radius 2 is 1.18 bits per heavy atom. The summed E-state index contributed by atoms with van der Waals surface area (Å²) in [5.74, 6) is 0. The molecule has 1 unspecified atom stereocenters. The second-order valence-electron chi connectivity index (χ2n) is 4.97. The van der Waals surface area contributed by atoms with Crippen molar-refractivity contribution in [2.45, 2.75) is 83.7 Å². The Morgan fingerprint density at radius 3 is 1.71 bits per heavy atom. The Labute approximate surface area is 107 Å². The Hall–Kier alpha value is 0.310. The summed E-state index contributed by atoms with van der Waals surface area (Å²) >= 11 is 0. The van der Waals surface area contributed by atoms with Crippen molar-refractivity contribution in [3.05, 3.63) is 0 Å². The molecule has 3 N–H and O–H groups in total. The first-order chi connectivity index (χ1) is 8.02. The van der Waals surface area contributed by atoms with Gasteiger partial charge in [0.2, 0.25) is 0 Å². The highest BCUT2D eigenvalue weighted by Crippen LogP contribution is 2.53. The summed E-state index contributed by atoms with van der Waals surface area (Å²) in [5.41, 5.74) is -0.284. The van der Waals surface area contributed by atoms with E-state index in [1.54, 1.807) is 0 Å². The summed E-state index contributed by atoms with van der Waals surface area (Å²) in [6.07, 6.45) is 10.7. The van der Waals surface area contributed by atoms with Crippen LogP contribution >= 0.6 is 7.94 Å². The van der Waals surface area contributed by atoms with E-state index in [0.29, 0.717) is 0 Å². The molecule has 104 valence electrons. The Morgan fingerprint density at radius 1 is 0.706 bits per heavy atom. The third-order valence-corrected chi connectivity index (χ3v) is 4.77. The highest BCUT2D eigenvalue weighted by atomic mass is 31.2. The molecular weight excluding hydrogens is 235 g/mol. The molecule has 0 aliphatic heterocycles. The molecule has 4 heteroatoms. The topological polar surface area (TPSA) is 60.7 Å². The maximum atomic E-state index is 9.37. The molecule has 0 saturated carbocycles. The molecule has 0 saturated heterocycles. The third-order valence-electron chi connectivity index (χ3n) is 3.27. The van der Waals surface area contributed by atoms with Crippen molar-refractivity contribution in [1.82, 2.24) is 0 Å². The second-order valence-corrected chi connectivity index (χ2v) is 6.93. The minimum Gasteiger partial charge on any atom is -0.193 e. The van der Waals surface area contributed by atoms with Crippen LogP contribution < -0.4 is 0 Å². The molecule has 0 aliphatic rings. The third kappa shape index (κ3) is 9.96. The van der Waals surface area contributed by atoms with Gasteiger partial charge in [0.05, 0.1) is 0 Å². The quantitative estimate of drug-likeness (QED) is 0.390. The van der Waals surface area contributed by atoms with Gasteiger partial charge in [-0.3, -0.25) is 0 Å². The lowest BCUT2D eigenvalue weighted by Crippen LogP contribution is -2.13. The van der Waals surface area contributed by atoms with Gasteiger partial charge in [-0.15, -0.1) is 0 Å². The summed E-state index contributed by atoms with van der Waals surface area (Å²) in [6.45, 7) is 4.27. The zero-order valence-electron chi connectivity index (χ0n) is 11.4. The highest BCUT2D eigenvalue weighted by Gasteiger charge is 2.41. The summed E-state index contributed by atoms with van der Waals surface area (Å²) in [7, 11) is -3.62. The van der Waals surface area contributed by atoms with Crippen LogP contribution in [0.1, 0.15) is 78.1 Å². The average Bonchev–Trinajstić information content (AvgIpc) is 2.25. The summed E-state index contributed by atoms with van der Waals surface area (Å²) in [5, 5.41) is 0. The van der Waals surface area contributed by atoms with Crippen molar-refractivity contribution < 1.29 is 14.7 Å². The molecule has 1 atom stereocenters. The monoisotopic (exact) mass is 265 g/mol. The van der Waals surface area contributed by atoms with Crippen LogP contribution in [0.15, 0.2) is 0 Å². The summed E-state index contributed by atoms with van der Waals surface area (Å²) in [6, 6.07) is 0. The zero-order chi connectivity index (χ0) is 13.1. The Balaban J connectivity index is 3.69. The zero-order valence-corrected chi connectivity index (χ0v) is 12.3. The molecule has 0 aromatic carbocycles. The Kier molecular flexibility index (Phi) is 10.4. The van der Waals surface area contributed by atoms with Crippen LogP contribution in [0.4, 0.5) is 0 Å². The molecule has 3 nitrogen and oxygen atoms in total. The molecule has 0 heterocycles. The van der Waals surface area contributed by atoms with Gasteiger partial charge in [0, 0.05) is 0 Å². The van der Waals surface area contributed by atoms with Gasteiger partial charge in [0.25, 0.3) is 0 Å². The van der Waals surface area contributed by atoms with Gasteiger partial charge in [-0.25, -0.2) is 0 Å². The molecule has 0 spiro atoms. The SMILES string of the molecule is CCCCCCCCC(CCCC)[P+](O)(O)O. The minimum atomic E-state index is -3.62. The van der Waals surface area contributed by atoms with Crippen molar-refractivity contribution in [3.8, 4) is 0 Å². The van der Waals surface area contributed by atoms with Gasteiger partial charge >= 0.3 is 7.94 Å². The molecule has 0 rings (SSSR count). The van der Waals surface area contributed by atoms with E-state index in [9.17, 15) is 14.7 Å². The van der Waals surface area contributed by atoms with E-state index in [2.05, 4.69) is 13.8 Å². The molecule has 0 aromatic rings. The van der Waals surface area contributed by atoms with Crippen LogP contribution in [0.5, 0.6) is 0 Å². The normalized spacial score (nSPS) is 13.9.